The lowest BCUT2D eigenvalue weighted by Crippen LogP contribution is -2.41. The molecule has 0 aliphatic carbocycles. The number of carbonyl (C=O) groups excluding carboxylic acids is 1. The lowest BCUT2D eigenvalue weighted by atomic mass is 10.2. The van der Waals surface area contributed by atoms with Crippen molar-refractivity contribution in [2.24, 2.45) is 5.92 Å². The van der Waals surface area contributed by atoms with Crippen LogP contribution in [0.4, 0.5) is 4.79 Å². The number of amides is 2. The van der Waals surface area contributed by atoms with Gasteiger partial charge in [0.05, 0.1) is 21.1 Å². The third-order valence-corrected chi connectivity index (χ3v) is 4.66. The van der Waals surface area contributed by atoms with Crippen molar-refractivity contribution < 1.29 is 14.7 Å². The average Bonchev–Trinajstić information content (AvgIpc) is 2.88. The highest BCUT2D eigenvalue weighted by Crippen LogP contribution is 2.25. The number of hydrogen-bond donors (Lipinski definition) is 2. The molecule has 1 heterocycles. The molecule has 6 nitrogen and oxygen atoms in total. The van der Waals surface area contributed by atoms with Gasteiger partial charge in [-0.2, -0.15) is 0 Å². The number of thiazole rings is 1. The van der Waals surface area contributed by atoms with Crippen LogP contribution in [0.2, 0.25) is 5.02 Å². The van der Waals surface area contributed by atoms with E-state index in [4.69, 9.17) is 16.7 Å². The molecule has 0 radical (unpaired) electrons. The standard InChI is InChI=1S/C15H18ClN3O3S/c1-9(14(20)21)8-19(2)15(22)17-6-5-13-18-11-7-10(16)3-4-12(11)23-13/h3-4,7,9H,5-6,8H2,1-2H3,(H,17,22)(H,20,21). The van der Waals surface area contributed by atoms with Gasteiger partial charge in [0.25, 0.3) is 0 Å². The van der Waals surface area contributed by atoms with Gasteiger partial charge >= 0.3 is 12.0 Å². The molecule has 124 valence electrons. The molecule has 0 fully saturated rings. The van der Waals surface area contributed by atoms with E-state index in [0.717, 1.165) is 15.2 Å². The van der Waals surface area contributed by atoms with Crippen molar-refractivity contribution >= 4 is 45.2 Å². The van der Waals surface area contributed by atoms with Crippen molar-refractivity contribution in [3.05, 3.63) is 28.2 Å². The van der Waals surface area contributed by atoms with Gasteiger partial charge in [-0.15, -0.1) is 11.3 Å². The number of carboxylic acids is 1. The number of nitrogens with zero attached hydrogens (tertiary/aromatic N) is 2. The number of hydrogen-bond acceptors (Lipinski definition) is 4. The van der Waals surface area contributed by atoms with E-state index in [2.05, 4.69) is 10.3 Å². The number of carboxylic acid groups (broad SMARTS) is 1. The first kappa shape index (κ1) is 17.5. The summed E-state index contributed by atoms with van der Waals surface area (Å²) in [5, 5.41) is 13.2. The Balaban J connectivity index is 1.83. The molecule has 0 aliphatic rings. The highest BCUT2D eigenvalue weighted by molar-refractivity contribution is 7.18. The zero-order chi connectivity index (χ0) is 17.0. The van der Waals surface area contributed by atoms with Gasteiger partial charge in [-0.25, -0.2) is 9.78 Å². The molecule has 2 aromatic rings. The molecule has 1 atom stereocenters. The summed E-state index contributed by atoms with van der Waals surface area (Å²) in [5.74, 6) is -1.52. The first-order chi connectivity index (χ1) is 10.9. The molecule has 0 saturated heterocycles. The Morgan fingerprint density at radius 3 is 2.91 bits per heavy atom. The summed E-state index contributed by atoms with van der Waals surface area (Å²) in [7, 11) is 1.58. The minimum atomic E-state index is -0.919. The van der Waals surface area contributed by atoms with Crippen molar-refractivity contribution in [1.29, 1.82) is 0 Å². The van der Waals surface area contributed by atoms with E-state index in [0.29, 0.717) is 18.0 Å². The fraction of sp³-hybridized carbons (Fsp3) is 0.400. The summed E-state index contributed by atoms with van der Waals surface area (Å²) in [5.41, 5.74) is 0.858. The second-order valence-electron chi connectivity index (χ2n) is 5.32. The van der Waals surface area contributed by atoms with Crippen molar-refractivity contribution in [3.8, 4) is 0 Å². The number of nitrogens with one attached hydrogen (secondary N) is 1. The largest absolute Gasteiger partial charge is 0.481 e. The van der Waals surface area contributed by atoms with E-state index in [9.17, 15) is 9.59 Å². The quantitative estimate of drug-likeness (QED) is 0.834. The maximum atomic E-state index is 11.9. The van der Waals surface area contributed by atoms with Crippen LogP contribution in [-0.2, 0) is 11.2 Å². The van der Waals surface area contributed by atoms with E-state index < -0.39 is 11.9 Å². The Bertz CT molecular complexity index is 719. The molecule has 2 N–H and O–H groups in total. The summed E-state index contributed by atoms with van der Waals surface area (Å²) in [6, 6.07) is 5.28. The van der Waals surface area contributed by atoms with Gasteiger partial charge in [-0.1, -0.05) is 18.5 Å². The number of benzene rings is 1. The zero-order valence-electron chi connectivity index (χ0n) is 12.9. The summed E-state index contributed by atoms with van der Waals surface area (Å²) < 4.78 is 1.06. The van der Waals surface area contributed by atoms with Crippen LogP contribution in [0.25, 0.3) is 10.2 Å². The molecule has 0 aliphatic heterocycles. The van der Waals surface area contributed by atoms with E-state index in [1.807, 2.05) is 18.2 Å². The van der Waals surface area contributed by atoms with Gasteiger partial charge in [0.1, 0.15) is 0 Å². The van der Waals surface area contributed by atoms with Crippen LogP contribution in [-0.4, -0.2) is 47.1 Å². The van der Waals surface area contributed by atoms with E-state index in [1.54, 1.807) is 25.3 Å². The molecule has 2 rings (SSSR count). The van der Waals surface area contributed by atoms with Crippen LogP contribution < -0.4 is 5.32 Å². The van der Waals surface area contributed by atoms with Crippen LogP contribution in [0.1, 0.15) is 11.9 Å². The van der Waals surface area contributed by atoms with Gasteiger partial charge in [-0.05, 0) is 18.2 Å². The van der Waals surface area contributed by atoms with Gasteiger partial charge in [0.15, 0.2) is 0 Å². The maximum absolute atomic E-state index is 11.9. The summed E-state index contributed by atoms with van der Waals surface area (Å²) in [6.45, 7) is 2.18. The normalized spacial score (nSPS) is 12.1. The second kappa shape index (κ2) is 7.61. The van der Waals surface area contributed by atoms with Crippen molar-refractivity contribution in [1.82, 2.24) is 15.2 Å². The number of carbonyl (C=O) groups is 2. The van der Waals surface area contributed by atoms with E-state index in [-0.39, 0.29) is 12.6 Å². The number of aliphatic carboxylic acids is 1. The van der Waals surface area contributed by atoms with Crippen molar-refractivity contribution in [2.75, 3.05) is 20.1 Å². The Hall–Kier alpha value is -1.86. The molecule has 2 amide bonds. The third-order valence-electron chi connectivity index (χ3n) is 3.32. The summed E-state index contributed by atoms with van der Waals surface area (Å²) in [6.07, 6.45) is 0.616. The molecular weight excluding hydrogens is 338 g/mol. The summed E-state index contributed by atoms with van der Waals surface area (Å²) in [4.78, 5) is 28.5. The lowest BCUT2D eigenvalue weighted by Gasteiger charge is -2.19. The van der Waals surface area contributed by atoms with Crippen LogP contribution >= 0.6 is 22.9 Å². The molecule has 23 heavy (non-hydrogen) atoms. The SMILES string of the molecule is CC(CN(C)C(=O)NCCc1nc2cc(Cl)ccc2s1)C(=O)O. The molecule has 0 spiro atoms. The Labute approximate surface area is 143 Å². The van der Waals surface area contributed by atoms with E-state index >= 15 is 0 Å². The summed E-state index contributed by atoms with van der Waals surface area (Å²) >= 11 is 7.50. The van der Waals surface area contributed by atoms with Crippen LogP contribution in [0.5, 0.6) is 0 Å². The Morgan fingerprint density at radius 2 is 2.22 bits per heavy atom. The first-order valence-corrected chi connectivity index (χ1v) is 8.33. The minimum absolute atomic E-state index is 0.167. The highest BCUT2D eigenvalue weighted by Gasteiger charge is 2.17. The van der Waals surface area contributed by atoms with Crippen LogP contribution in [0, 0.1) is 5.92 Å². The van der Waals surface area contributed by atoms with Crippen LogP contribution in [0.3, 0.4) is 0 Å². The fourth-order valence-electron chi connectivity index (χ4n) is 2.04. The third kappa shape index (κ3) is 4.80. The van der Waals surface area contributed by atoms with Gasteiger partial charge in [0, 0.05) is 31.6 Å². The fourth-order valence-corrected chi connectivity index (χ4v) is 3.15. The average molecular weight is 356 g/mol. The van der Waals surface area contributed by atoms with Gasteiger partial charge < -0.3 is 15.3 Å². The molecule has 0 bridgehead atoms. The number of fused-ring (bicyclic) bond motifs is 1. The molecule has 1 aromatic heterocycles. The monoisotopic (exact) mass is 355 g/mol. The maximum Gasteiger partial charge on any atom is 0.317 e. The number of urea groups is 1. The smallest absolute Gasteiger partial charge is 0.317 e. The van der Waals surface area contributed by atoms with Gasteiger partial charge in [-0.3, -0.25) is 4.79 Å². The molecular formula is C15H18ClN3O3S. The predicted molar refractivity (Wildman–Crippen MR) is 91.2 cm³/mol. The second-order valence-corrected chi connectivity index (χ2v) is 6.87. The zero-order valence-corrected chi connectivity index (χ0v) is 14.4. The molecule has 8 heteroatoms. The topological polar surface area (TPSA) is 82.5 Å². The molecule has 1 unspecified atom stereocenters. The number of aromatic nitrogens is 1. The Morgan fingerprint density at radius 1 is 1.48 bits per heavy atom. The van der Waals surface area contributed by atoms with E-state index in [1.165, 1.54) is 4.90 Å². The molecule has 1 aromatic carbocycles. The molecule has 0 saturated carbocycles. The highest BCUT2D eigenvalue weighted by atomic mass is 35.5. The first-order valence-electron chi connectivity index (χ1n) is 7.13. The number of halogens is 1. The number of rotatable bonds is 6. The van der Waals surface area contributed by atoms with Crippen molar-refractivity contribution in [2.45, 2.75) is 13.3 Å². The predicted octanol–water partition coefficient (Wildman–Crippen LogP) is 2.85. The Kier molecular flexibility index (Phi) is 5.79. The van der Waals surface area contributed by atoms with Crippen LogP contribution in [0.15, 0.2) is 18.2 Å². The lowest BCUT2D eigenvalue weighted by molar-refractivity contribution is -0.141. The van der Waals surface area contributed by atoms with Gasteiger partial charge in [0.2, 0.25) is 0 Å². The minimum Gasteiger partial charge on any atom is -0.481 e. The van der Waals surface area contributed by atoms with Crippen molar-refractivity contribution in [3.63, 3.8) is 0 Å².